The zero-order valence-corrected chi connectivity index (χ0v) is 22.0. The lowest BCUT2D eigenvalue weighted by Crippen LogP contribution is -2.38. The fourth-order valence-electron chi connectivity index (χ4n) is 3.80. The molecule has 11 heteroatoms. The van der Waals surface area contributed by atoms with Gasteiger partial charge in [0.15, 0.2) is 5.50 Å². The minimum atomic E-state index is -3.51. The van der Waals surface area contributed by atoms with Gasteiger partial charge in [0.05, 0.1) is 25.2 Å². The van der Waals surface area contributed by atoms with E-state index in [0.717, 1.165) is 6.42 Å². The minimum absolute atomic E-state index is 0.0513. The van der Waals surface area contributed by atoms with Crippen LogP contribution in [0.15, 0.2) is 16.5 Å². The van der Waals surface area contributed by atoms with Gasteiger partial charge in [-0.05, 0) is 45.2 Å². The van der Waals surface area contributed by atoms with Gasteiger partial charge in [-0.1, -0.05) is 20.8 Å². The number of nitrogens with two attached hydrogens (primary N) is 1. The first kappa shape index (κ1) is 27.9. The average molecular weight is 504 g/mol. The molecule has 0 radical (unpaired) electrons. The van der Waals surface area contributed by atoms with Crippen molar-refractivity contribution >= 4 is 36.5 Å². The van der Waals surface area contributed by atoms with Gasteiger partial charge in [-0.3, -0.25) is 19.5 Å². The number of esters is 2. The number of hydrogen-bond acceptors (Lipinski definition) is 9. The van der Waals surface area contributed by atoms with E-state index >= 15 is 0 Å². The molecule has 1 aromatic heterocycles. The predicted octanol–water partition coefficient (Wildman–Crippen LogP) is 2.96. The predicted molar refractivity (Wildman–Crippen MR) is 131 cm³/mol. The van der Waals surface area contributed by atoms with Gasteiger partial charge in [0.2, 0.25) is 7.29 Å². The van der Waals surface area contributed by atoms with Crippen molar-refractivity contribution in [3.05, 3.63) is 17.9 Å². The number of carbonyl (C=O) groups excluding carboxylic acids is 2. The lowest BCUT2D eigenvalue weighted by atomic mass is 10.0. The van der Waals surface area contributed by atoms with Crippen molar-refractivity contribution in [2.45, 2.75) is 70.8 Å². The van der Waals surface area contributed by atoms with E-state index in [1.54, 1.807) is 51.6 Å². The standard InChI is InChI=1S/C22H38N3O6PS/c1-7-29-20(26)14(5)12-32(28,25-15(6)21(27)30-8-2)18-10-9-16(31-18)19-17(11-13(3)4)33-22(23)24-19/h9-10,13-15,17,19,22,24H,7-8,11-12,23H2,1-6H3,(H,25,28)/t14-,15+,17?,19?,22?,32?/m1/s1. The van der Waals surface area contributed by atoms with Gasteiger partial charge >= 0.3 is 11.9 Å². The van der Waals surface area contributed by atoms with Crippen LogP contribution in [0.5, 0.6) is 0 Å². The summed E-state index contributed by atoms with van der Waals surface area (Å²) in [6.45, 7) is 11.4. The second-order valence-electron chi connectivity index (χ2n) is 8.72. The Labute approximate surface area is 200 Å². The van der Waals surface area contributed by atoms with Gasteiger partial charge in [0.25, 0.3) is 0 Å². The van der Waals surface area contributed by atoms with Crippen LogP contribution in [-0.4, -0.2) is 48.1 Å². The fraction of sp³-hybridized carbons (Fsp3) is 0.727. The Bertz CT molecular complexity index is 818. The van der Waals surface area contributed by atoms with Crippen molar-refractivity contribution in [2.75, 3.05) is 19.4 Å². The van der Waals surface area contributed by atoms with E-state index in [1.807, 2.05) is 0 Å². The number of hydrogen-bond donors (Lipinski definition) is 3. The number of carbonyl (C=O) groups is 2. The Hall–Kier alpha value is -1.32. The van der Waals surface area contributed by atoms with E-state index < -0.39 is 31.2 Å². The van der Waals surface area contributed by atoms with E-state index in [2.05, 4.69) is 24.3 Å². The molecule has 2 rings (SSSR count). The molecule has 1 aliphatic heterocycles. The van der Waals surface area contributed by atoms with Crippen LogP contribution in [0.25, 0.3) is 0 Å². The summed E-state index contributed by atoms with van der Waals surface area (Å²) in [7, 11) is -3.51. The van der Waals surface area contributed by atoms with E-state index in [0.29, 0.717) is 11.7 Å². The van der Waals surface area contributed by atoms with Crippen LogP contribution in [0.3, 0.4) is 0 Å². The normalized spacial score (nSPS) is 24.3. The molecule has 1 aliphatic rings. The Kier molecular flexibility index (Phi) is 10.5. The largest absolute Gasteiger partial charge is 0.466 e. The molecule has 1 aromatic rings. The van der Waals surface area contributed by atoms with Crippen LogP contribution in [-0.2, 0) is 23.6 Å². The Morgan fingerprint density at radius 3 is 2.42 bits per heavy atom. The number of thioether (sulfide) groups is 1. The molecule has 0 aromatic carbocycles. The molecule has 0 bridgehead atoms. The van der Waals surface area contributed by atoms with E-state index in [9.17, 15) is 14.2 Å². The van der Waals surface area contributed by atoms with Crippen molar-refractivity contribution < 1.29 is 28.0 Å². The highest BCUT2D eigenvalue weighted by Gasteiger charge is 2.39. The van der Waals surface area contributed by atoms with Crippen LogP contribution in [0, 0.1) is 11.8 Å². The average Bonchev–Trinajstić information content (AvgIpc) is 3.34. The molecule has 188 valence electrons. The van der Waals surface area contributed by atoms with Gasteiger partial charge in [-0.15, -0.1) is 11.8 Å². The van der Waals surface area contributed by atoms with Gasteiger partial charge in [-0.25, -0.2) is 5.09 Å². The Morgan fingerprint density at radius 2 is 1.82 bits per heavy atom. The smallest absolute Gasteiger partial charge is 0.323 e. The number of nitrogens with one attached hydrogen (secondary N) is 2. The molecule has 0 spiro atoms. The molecule has 9 nitrogen and oxygen atoms in total. The fourth-order valence-corrected chi connectivity index (χ4v) is 7.90. The Balaban J connectivity index is 2.33. The zero-order chi connectivity index (χ0) is 24.8. The first-order valence-electron chi connectivity index (χ1n) is 11.5. The Morgan fingerprint density at radius 1 is 1.18 bits per heavy atom. The first-order chi connectivity index (χ1) is 15.5. The van der Waals surface area contributed by atoms with Gasteiger partial charge in [0, 0.05) is 11.4 Å². The molecule has 0 saturated carbocycles. The summed E-state index contributed by atoms with van der Waals surface area (Å²) in [4.78, 5) is 24.5. The molecular formula is C22H38N3O6PS. The summed E-state index contributed by atoms with van der Waals surface area (Å²) in [6, 6.07) is 2.47. The highest BCUT2D eigenvalue weighted by molar-refractivity contribution is 8.00. The van der Waals surface area contributed by atoms with Gasteiger partial charge in [-0.2, -0.15) is 0 Å². The summed E-state index contributed by atoms with van der Waals surface area (Å²) in [5.41, 5.74) is 6.11. The van der Waals surface area contributed by atoms with Crippen LogP contribution in [0.2, 0.25) is 0 Å². The minimum Gasteiger partial charge on any atom is -0.466 e. The topological polar surface area (TPSA) is 133 Å². The molecule has 4 unspecified atom stereocenters. The lowest BCUT2D eigenvalue weighted by molar-refractivity contribution is -0.146. The molecule has 1 saturated heterocycles. The van der Waals surface area contributed by atoms with Crippen LogP contribution < -0.4 is 21.6 Å². The van der Waals surface area contributed by atoms with Gasteiger partial charge < -0.3 is 19.6 Å². The molecule has 0 amide bonds. The number of furan rings is 1. The van der Waals surface area contributed by atoms with Crippen molar-refractivity contribution in [3.8, 4) is 0 Å². The first-order valence-corrected chi connectivity index (χ1v) is 14.3. The van der Waals surface area contributed by atoms with E-state index in [-0.39, 0.29) is 41.7 Å². The summed E-state index contributed by atoms with van der Waals surface area (Å²) in [6.07, 6.45) is 0.895. The SMILES string of the molecule is CCOC(=O)[C@H](C)CP(=O)(N[C@@H](C)C(=O)OCC)c1ccc(C2NC(N)SC2CC(C)C)o1. The molecule has 33 heavy (non-hydrogen) atoms. The number of rotatable bonds is 12. The summed E-state index contributed by atoms with van der Waals surface area (Å²) < 4.78 is 30.4. The number of ether oxygens (including phenoxy) is 2. The van der Waals surface area contributed by atoms with Crippen molar-refractivity contribution in [1.82, 2.24) is 10.4 Å². The van der Waals surface area contributed by atoms with Crippen LogP contribution in [0.4, 0.5) is 0 Å². The van der Waals surface area contributed by atoms with Crippen LogP contribution >= 0.6 is 19.1 Å². The van der Waals surface area contributed by atoms with Crippen LogP contribution in [0.1, 0.15) is 59.8 Å². The quantitative estimate of drug-likeness (QED) is 0.289. The van der Waals surface area contributed by atoms with E-state index in [4.69, 9.17) is 19.6 Å². The second-order valence-corrected chi connectivity index (χ2v) is 12.7. The summed E-state index contributed by atoms with van der Waals surface area (Å²) >= 11 is 1.65. The molecule has 4 N–H and O–H groups in total. The monoisotopic (exact) mass is 503 g/mol. The second kappa shape index (κ2) is 12.4. The maximum atomic E-state index is 14.1. The third-order valence-corrected chi connectivity index (χ3v) is 9.34. The zero-order valence-electron chi connectivity index (χ0n) is 20.3. The van der Waals surface area contributed by atoms with Crippen molar-refractivity contribution in [2.24, 2.45) is 17.6 Å². The summed E-state index contributed by atoms with van der Waals surface area (Å²) in [5.74, 6) is -0.522. The molecular weight excluding hydrogens is 465 g/mol. The highest BCUT2D eigenvalue weighted by atomic mass is 32.2. The highest BCUT2D eigenvalue weighted by Crippen LogP contribution is 2.45. The van der Waals surface area contributed by atoms with E-state index in [1.165, 1.54) is 0 Å². The molecule has 2 heterocycles. The van der Waals surface area contributed by atoms with Gasteiger partial charge in [0.1, 0.15) is 17.3 Å². The summed E-state index contributed by atoms with van der Waals surface area (Å²) in [5, 5.41) is 6.45. The maximum absolute atomic E-state index is 14.1. The third-order valence-electron chi connectivity index (χ3n) is 5.28. The lowest BCUT2D eigenvalue weighted by Gasteiger charge is -2.24. The molecule has 6 atom stereocenters. The van der Waals surface area contributed by atoms with Crippen molar-refractivity contribution in [3.63, 3.8) is 0 Å². The maximum Gasteiger partial charge on any atom is 0.323 e. The molecule has 0 aliphatic carbocycles. The van der Waals surface area contributed by atoms with Crippen molar-refractivity contribution in [1.29, 1.82) is 0 Å². The molecule has 1 fully saturated rings. The third kappa shape index (κ3) is 7.59.